The molecule has 9 heteroatoms. The number of piperidine rings is 1. The van der Waals surface area contributed by atoms with Crippen molar-refractivity contribution in [2.45, 2.75) is 18.9 Å². The summed E-state index contributed by atoms with van der Waals surface area (Å²) in [7, 11) is -2.64. The van der Waals surface area contributed by atoms with Gasteiger partial charge < -0.3 is 21.1 Å². The maximum absolute atomic E-state index is 7.23. The van der Waals surface area contributed by atoms with Crippen molar-refractivity contribution in [2.24, 2.45) is 5.73 Å². The predicted molar refractivity (Wildman–Crippen MR) is 94.4 cm³/mol. The van der Waals surface area contributed by atoms with Gasteiger partial charge in [-0.15, -0.1) is 0 Å². The highest BCUT2D eigenvalue weighted by atomic mass is 16.5. The number of ether oxygens (including phenoxy) is 1. The lowest BCUT2D eigenvalue weighted by atomic mass is 10.1. The summed E-state index contributed by atoms with van der Waals surface area (Å²) >= 11 is 0. The second-order valence-corrected chi connectivity index (χ2v) is 6.00. The van der Waals surface area contributed by atoms with Crippen molar-refractivity contribution in [2.75, 3.05) is 30.8 Å². The van der Waals surface area contributed by atoms with Crippen molar-refractivity contribution in [3.8, 4) is 17.4 Å². The van der Waals surface area contributed by atoms with Crippen LogP contribution in [0, 0.1) is 0 Å². The summed E-state index contributed by atoms with van der Waals surface area (Å²) in [6, 6.07) is 3.39. The maximum Gasteiger partial charge on any atom is 0.316 e. The molecular weight excluding hydrogens is 320 g/mol. The van der Waals surface area contributed by atoms with E-state index in [1.807, 2.05) is 6.07 Å². The molecule has 0 spiro atoms. The number of nitrogen functional groups attached to an aromatic ring is 1. The van der Waals surface area contributed by atoms with Crippen LogP contribution in [0.3, 0.4) is 0 Å². The second kappa shape index (κ2) is 6.17. The number of hydrogen-bond donors (Lipinski definition) is 2. The molecule has 1 saturated heterocycles. The molecule has 0 amide bonds. The number of nitrogens with two attached hydrogens (primary N) is 2. The van der Waals surface area contributed by atoms with Crippen LogP contribution in [-0.2, 0) is 0 Å². The van der Waals surface area contributed by atoms with Gasteiger partial charge in [0.2, 0.25) is 0 Å². The molecule has 0 aromatic carbocycles. The van der Waals surface area contributed by atoms with Gasteiger partial charge >= 0.3 is 6.01 Å². The Kier molecular flexibility index (Phi) is 3.07. The fourth-order valence-electron chi connectivity index (χ4n) is 3.23. The van der Waals surface area contributed by atoms with E-state index in [9.17, 15) is 0 Å². The first-order valence-corrected chi connectivity index (χ1v) is 7.97. The van der Waals surface area contributed by atoms with Gasteiger partial charge in [-0.05, 0) is 25.0 Å². The van der Waals surface area contributed by atoms with Crippen molar-refractivity contribution in [3.05, 3.63) is 24.7 Å². The highest BCUT2D eigenvalue weighted by Gasteiger charge is 2.24. The van der Waals surface area contributed by atoms with E-state index in [2.05, 4.69) is 25.0 Å². The fraction of sp³-hybridized carbons (Fsp3) is 0.375. The first kappa shape index (κ1) is 12.4. The highest BCUT2D eigenvalue weighted by Crippen LogP contribution is 2.34. The quantitative estimate of drug-likeness (QED) is 0.713. The molecule has 0 radical (unpaired) electrons. The second-order valence-electron chi connectivity index (χ2n) is 6.00. The van der Waals surface area contributed by atoms with E-state index in [-0.39, 0.29) is 12.1 Å². The third-order valence-electron chi connectivity index (χ3n) is 4.35. The topological polar surface area (TPSA) is 120 Å². The number of anilines is 2. The molecule has 0 bridgehead atoms. The molecule has 1 fully saturated rings. The Bertz CT molecular complexity index is 1010. The van der Waals surface area contributed by atoms with Gasteiger partial charge in [0, 0.05) is 25.3 Å². The third-order valence-corrected chi connectivity index (χ3v) is 4.35. The van der Waals surface area contributed by atoms with Crippen LogP contribution in [0.5, 0.6) is 6.01 Å². The summed E-state index contributed by atoms with van der Waals surface area (Å²) in [6.45, 7) is 1.54. The number of nitrogens with zero attached hydrogens (tertiary/aromatic N) is 6. The zero-order valence-electron chi connectivity index (χ0n) is 16.5. The molecule has 1 unspecified atom stereocenters. The minimum absolute atomic E-state index is 0.0799. The van der Waals surface area contributed by atoms with Crippen LogP contribution in [0.1, 0.15) is 17.0 Å². The number of rotatable bonds is 3. The summed E-state index contributed by atoms with van der Waals surface area (Å²) in [5.74, 6) is 0.336. The summed E-state index contributed by atoms with van der Waals surface area (Å²) in [6.07, 6.45) is 4.75. The largest absolute Gasteiger partial charge is 0.467 e. The van der Waals surface area contributed by atoms with Crippen LogP contribution >= 0.6 is 0 Å². The number of fused-ring (bicyclic) bond motifs is 1. The lowest BCUT2D eigenvalue weighted by molar-refractivity contribution is 0.380. The van der Waals surface area contributed by atoms with E-state index in [0.717, 1.165) is 25.1 Å². The molecule has 1 aliphatic heterocycles. The van der Waals surface area contributed by atoms with Gasteiger partial charge in [-0.3, -0.25) is 0 Å². The minimum atomic E-state index is -2.64. The van der Waals surface area contributed by atoms with Crippen LogP contribution in [0.25, 0.3) is 16.9 Å². The molecule has 9 nitrogen and oxygen atoms in total. The first-order valence-electron chi connectivity index (χ1n) is 9.47. The average Bonchev–Trinajstić information content (AvgIpc) is 3.02. The lowest BCUT2D eigenvalue weighted by Crippen LogP contribution is -2.42. The summed E-state index contributed by atoms with van der Waals surface area (Å²) in [5.41, 5.74) is 14.9. The molecule has 25 heavy (non-hydrogen) atoms. The standard InChI is InChI=1S/C16H20N8O/c1-25-16-19-5-4-11(22-16)12-7-13(23-6-2-3-10(17)8-23)14-15(18)20-9-21-24(12)14/h4-5,7,9-10H,2-3,6,8,17H2,1H3,(H2,18,20,21)/i1D3. The zero-order chi connectivity index (χ0) is 19.9. The highest BCUT2D eigenvalue weighted by molar-refractivity contribution is 5.88. The van der Waals surface area contributed by atoms with Gasteiger partial charge in [-0.2, -0.15) is 10.1 Å². The molecule has 130 valence electrons. The van der Waals surface area contributed by atoms with E-state index in [1.165, 1.54) is 12.5 Å². The number of aromatic nitrogens is 5. The Morgan fingerprint density at radius 2 is 2.32 bits per heavy atom. The Labute approximate surface area is 148 Å². The smallest absolute Gasteiger partial charge is 0.316 e. The molecule has 4 rings (SSSR count). The van der Waals surface area contributed by atoms with Crippen LogP contribution in [0.4, 0.5) is 11.5 Å². The van der Waals surface area contributed by atoms with Crippen molar-refractivity contribution < 1.29 is 8.85 Å². The van der Waals surface area contributed by atoms with Gasteiger partial charge in [0.1, 0.15) is 11.8 Å². The Morgan fingerprint density at radius 1 is 1.40 bits per heavy atom. The van der Waals surface area contributed by atoms with Gasteiger partial charge in [-0.25, -0.2) is 14.5 Å². The van der Waals surface area contributed by atoms with E-state index in [0.29, 0.717) is 29.3 Å². The Balaban J connectivity index is 1.82. The third kappa shape index (κ3) is 2.72. The van der Waals surface area contributed by atoms with Crippen LogP contribution in [0.15, 0.2) is 24.7 Å². The predicted octanol–water partition coefficient (Wildman–Crippen LogP) is 0.705. The molecule has 3 aromatic heterocycles. The molecule has 3 aromatic rings. The summed E-state index contributed by atoms with van der Waals surface area (Å²) < 4.78 is 28.2. The van der Waals surface area contributed by atoms with E-state index in [4.69, 9.17) is 20.3 Å². The molecule has 0 saturated carbocycles. The zero-order valence-corrected chi connectivity index (χ0v) is 13.5. The first-order chi connectivity index (χ1) is 13.3. The summed E-state index contributed by atoms with van der Waals surface area (Å²) in [4.78, 5) is 14.4. The maximum atomic E-state index is 7.23. The molecular formula is C16H20N8O. The number of methoxy groups -OCH3 is 1. The molecule has 1 atom stereocenters. The van der Waals surface area contributed by atoms with Crippen molar-refractivity contribution in [1.82, 2.24) is 24.6 Å². The number of hydrogen-bond acceptors (Lipinski definition) is 8. The summed E-state index contributed by atoms with van der Waals surface area (Å²) in [5, 5.41) is 4.31. The molecule has 4 N–H and O–H groups in total. The van der Waals surface area contributed by atoms with Gasteiger partial charge in [0.15, 0.2) is 5.82 Å². The fourth-order valence-corrected chi connectivity index (χ4v) is 3.23. The lowest BCUT2D eigenvalue weighted by Gasteiger charge is -2.32. The average molecular weight is 343 g/mol. The molecule has 1 aliphatic rings. The molecule has 4 heterocycles. The van der Waals surface area contributed by atoms with Crippen LogP contribution < -0.4 is 21.1 Å². The minimum Gasteiger partial charge on any atom is -0.467 e. The van der Waals surface area contributed by atoms with Gasteiger partial charge in [0.25, 0.3) is 0 Å². The van der Waals surface area contributed by atoms with Crippen molar-refractivity contribution in [3.63, 3.8) is 0 Å². The van der Waals surface area contributed by atoms with Gasteiger partial charge in [0.05, 0.1) is 28.2 Å². The Hall–Kier alpha value is -2.94. The SMILES string of the molecule is [2H]C([2H])([2H])Oc1nccc(-c2cc(N3CCCC(N)C3)c3c(N)ncnn23)n1. The van der Waals surface area contributed by atoms with Crippen LogP contribution in [-0.4, -0.2) is 50.7 Å². The van der Waals surface area contributed by atoms with Crippen molar-refractivity contribution in [1.29, 1.82) is 0 Å². The van der Waals surface area contributed by atoms with Crippen molar-refractivity contribution >= 4 is 17.0 Å². The van der Waals surface area contributed by atoms with E-state index in [1.54, 1.807) is 10.6 Å². The molecule has 0 aliphatic carbocycles. The Morgan fingerprint density at radius 3 is 3.16 bits per heavy atom. The van der Waals surface area contributed by atoms with E-state index >= 15 is 0 Å². The normalized spacial score (nSPS) is 20.1. The monoisotopic (exact) mass is 343 g/mol. The van der Waals surface area contributed by atoms with E-state index < -0.39 is 7.04 Å². The van der Waals surface area contributed by atoms with Crippen LogP contribution in [0.2, 0.25) is 0 Å². The van der Waals surface area contributed by atoms with Gasteiger partial charge in [-0.1, -0.05) is 0 Å².